The first-order valence-electron chi connectivity index (χ1n) is 6.41. The van der Waals surface area contributed by atoms with Crippen LogP contribution in [0.1, 0.15) is 37.5 Å². The molecule has 1 fully saturated rings. The Hall–Kier alpha value is 0.1000. The molecule has 0 aliphatic heterocycles. The Kier molecular flexibility index (Phi) is 5.03. The van der Waals surface area contributed by atoms with E-state index < -0.39 is 0 Å². The van der Waals surface area contributed by atoms with E-state index in [1.165, 1.54) is 35.0 Å². The molecule has 17 heavy (non-hydrogen) atoms. The van der Waals surface area contributed by atoms with Crippen molar-refractivity contribution in [3.63, 3.8) is 0 Å². The topological polar surface area (TPSA) is 29.3 Å². The largest absolute Gasteiger partial charge is 0.328 e. The van der Waals surface area contributed by atoms with E-state index >= 15 is 0 Å². The van der Waals surface area contributed by atoms with Gasteiger partial charge in [0.25, 0.3) is 0 Å². The molecule has 1 aromatic rings. The van der Waals surface area contributed by atoms with Crippen LogP contribution in [0.3, 0.4) is 0 Å². The summed E-state index contributed by atoms with van der Waals surface area (Å²) in [5.41, 5.74) is 5.97. The standard InChI is InChI=1S/C13H21BrN2S/c1-2-16(8-13-7-10(14)9-17-13)12-5-3-11(15)4-6-12/h7,9,11-12H,2-6,8,15H2,1H3. The van der Waals surface area contributed by atoms with E-state index in [0.29, 0.717) is 6.04 Å². The first kappa shape index (κ1) is 13.5. The Morgan fingerprint density at radius 1 is 1.41 bits per heavy atom. The predicted octanol–water partition coefficient (Wildman–Crippen LogP) is 3.60. The monoisotopic (exact) mass is 316 g/mol. The van der Waals surface area contributed by atoms with Gasteiger partial charge in [0.2, 0.25) is 0 Å². The molecule has 0 radical (unpaired) electrons. The highest BCUT2D eigenvalue weighted by atomic mass is 79.9. The number of nitrogens with two attached hydrogens (primary N) is 1. The van der Waals surface area contributed by atoms with Crippen LogP contribution in [-0.4, -0.2) is 23.5 Å². The Labute approximate surface area is 116 Å². The molecule has 0 spiro atoms. The Bertz CT molecular complexity index is 345. The van der Waals surface area contributed by atoms with Gasteiger partial charge in [-0.05, 0) is 54.2 Å². The number of hydrogen-bond acceptors (Lipinski definition) is 3. The third-order valence-corrected chi connectivity index (χ3v) is 5.33. The summed E-state index contributed by atoms with van der Waals surface area (Å²) in [6.45, 7) is 4.49. The molecule has 0 amide bonds. The van der Waals surface area contributed by atoms with Crippen LogP contribution in [0.25, 0.3) is 0 Å². The van der Waals surface area contributed by atoms with E-state index in [9.17, 15) is 0 Å². The van der Waals surface area contributed by atoms with Gasteiger partial charge in [-0.15, -0.1) is 11.3 Å². The average Bonchev–Trinajstić information content (AvgIpc) is 2.73. The van der Waals surface area contributed by atoms with E-state index in [1.807, 2.05) is 11.3 Å². The van der Waals surface area contributed by atoms with Crippen LogP contribution in [0.4, 0.5) is 0 Å². The van der Waals surface area contributed by atoms with Crippen molar-refractivity contribution in [1.82, 2.24) is 4.90 Å². The smallest absolute Gasteiger partial charge is 0.0331 e. The van der Waals surface area contributed by atoms with Crippen LogP contribution in [0, 0.1) is 0 Å². The van der Waals surface area contributed by atoms with Gasteiger partial charge < -0.3 is 5.73 Å². The van der Waals surface area contributed by atoms with Gasteiger partial charge in [0.1, 0.15) is 0 Å². The zero-order valence-electron chi connectivity index (χ0n) is 10.4. The lowest BCUT2D eigenvalue weighted by atomic mass is 9.90. The lowest BCUT2D eigenvalue weighted by molar-refractivity contribution is 0.150. The zero-order chi connectivity index (χ0) is 12.3. The summed E-state index contributed by atoms with van der Waals surface area (Å²) in [5.74, 6) is 0. The fraction of sp³-hybridized carbons (Fsp3) is 0.692. The Morgan fingerprint density at radius 2 is 2.12 bits per heavy atom. The summed E-state index contributed by atoms with van der Waals surface area (Å²) in [6, 6.07) is 3.42. The molecular formula is C13H21BrN2S. The van der Waals surface area contributed by atoms with Gasteiger partial charge in [0.15, 0.2) is 0 Å². The van der Waals surface area contributed by atoms with Gasteiger partial charge in [-0.25, -0.2) is 0 Å². The summed E-state index contributed by atoms with van der Waals surface area (Å²) in [5, 5.41) is 2.17. The van der Waals surface area contributed by atoms with Crippen molar-refractivity contribution in [1.29, 1.82) is 0 Å². The van der Waals surface area contributed by atoms with Crippen molar-refractivity contribution in [3.8, 4) is 0 Å². The fourth-order valence-corrected chi connectivity index (χ4v) is 4.08. The van der Waals surface area contributed by atoms with Gasteiger partial charge in [-0.3, -0.25) is 4.90 Å². The molecule has 2 nitrogen and oxygen atoms in total. The molecule has 0 saturated heterocycles. The first-order chi connectivity index (χ1) is 8.19. The summed E-state index contributed by atoms with van der Waals surface area (Å²) < 4.78 is 1.21. The molecule has 1 saturated carbocycles. The quantitative estimate of drug-likeness (QED) is 0.919. The molecule has 0 atom stereocenters. The van der Waals surface area contributed by atoms with Crippen molar-refractivity contribution in [2.24, 2.45) is 5.73 Å². The van der Waals surface area contributed by atoms with Crippen molar-refractivity contribution in [2.45, 2.75) is 51.2 Å². The second-order valence-corrected chi connectivity index (χ2v) is 6.77. The molecule has 4 heteroatoms. The van der Waals surface area contributed by atoms with Crippen molar-refractivity contribution >= 4 is 27.3 Å². The van der Waals surface area contributed by atoms with Gasteiger partial charge in [-0.1, -0.05) is 6.92 Å². The number of rotatable bonds is 4. The summed E-state index contributed by atoms with van der Waals surface area (Å²) in [7, 11) is 0. The van der Waals surface area contributed by atoms with Crippen LogP contribution in [0.2, 0.25) is 0 Å². The van der Waals surface area contributed by atoms with Gasteiger partial charge in [0.05, 0.1) is 0 Å². The van der Waals surface area contributed by atoms with Crippen LogP contribution in [-0.2, 0) is 6.54 Å². The zero-order valence-corrected chi connectivity index (χ0v) is 12.8. The van der Waals surface area contributed by atoms with E-state index in [1.54, 1.807) is 0 Å². The maximum absolute atomic E-state index is 5.97. The molecule has 0 aromatic carbocycles. The lowest BCUT2D eigenvalue weighted by Gasteiger charge is -2.35. The maximum atomic E-state index is 5.97. The molecule has 2 N–H and O–H groups in total. The molecule has 2 rings (SSSR count). The number of nitrogens with zero attached hydrogens (tertiary/aromatic N) is 1. The SMILES string of the molecule is CCN(Cc1cc(Br)cs1)C1CCC(N)CC1. The van der Waals surface area contributed by atoms with Crippen molar-refractivity contribution < 1.29 is 0 Å². The maximum Gasteiger partial charge on any atom is 0.0331 e. The minimum Gasteiger partial charge on any atom is -0.328 e. The van der Waals surface area contributed by atoms with E-state index in [4.69, 9.17) is 5.73 Å². The fourth-order valence-electron chi connectivity index (χ4n) is 2.60. The Balaban J connectivity index is 1.92. The molecule has 0 bridgehead atoms. The molecule has 0 unspecified atom stereocenters. The molecule has 1 heterocycles. The van der Waals surface area contributed by atoms with Crippen LogP contribution in [0.5, 0.6) is 0 Å². The van der Waals surface area contributed by atoms with E-state index in [-0.39, 0.29) is 0 Å². The highest BCUT2D eigenvalue weighted by Gasteiger charge is 2.23. The molecule has 1 aliphatic carbocycles. The number of hydrogen-bond donors (Lipinski definition) is 1. The van der Waals surface area contributed by atoms with Crippen LogP contribution in [0.15, 0.2) is 15.9 Å². The normalized spacial score (nSPS) is 25.4. The summed E-state index contributed by atoms with van der Waals surface area (Å²) >= 11 is 5.37. The van der Waals surface area contributed by atoms with Gasteiger partial charge >= 0.3 is 0 Å². The molecule has 1 aromatic heterocycles. The van der Waals surface area contributed by atoms with Crippen LogP contribution >= 0.6 is 27.3 Å². The van der Waals surface area contributed by atoms with E-state index in [2.05, 4.69) is 39.2 Å². The minimum atomic E-state index is 0.445. The predicted molar refractivity (Wildman–Crippen MR) is 78.3 cm³/mol. The minimum absolute atomic E-state index is 0.445. The first-order valence-corrected chi connectivity index (χ1v) is 8.09. The molecule has 96 valence electrons. The molecular weight excluding hydrogens is 296 g/mol. The van der Waals surface area contributed by atoms with Gasteiger partial charge in [0, 0.05) is 33.4 Å². The lowest BCUT2D eigenvalue weighted by Crippen LogP contribution is -2.40. The highest BCUT2D eigenvalue weighted by Crippen LogP contribution is 2.26. The number of thiophene rings is 1. The second-order valence-electron chi connectivity index (χ2n) is 4.86. The second kappa shape index (κ2) is 6.32. The Morgan fingerprint density at radius 3 is 2.65 bits per heavy atom. The summed E-state index contributed by atoms with van der Waals surface area (Å²) in [4.78, 5) is 4.05. The third kappa shape index (κ3) is 3.78. The van der Waals surface area contributed by atoms with Crippen LogP contribution < -0.4 is 5.73 Å². The van der Waals surface area contributed by atoms with Gasteiger partial charge in [-0.2, -0.15) is 0 Å². The van der Waals surface area contributed by atoms with Crippen molar-refractivity contribution in [2.75, 3.05) is 6.54 Å². The number of halogens is 1. The van der Waals surface area contributed by atoms with Crippen molar-refractivity contribution in [3.05, 3.63) is 20.8 Å². The molecule has 1 aliphatic rings. The summed E-state index contributed by atoms with van der Waals surface area (Å²) in [6.07, 6.45) is 4.91. The average molecular weight is 317 g/mol. The third-order valence-electron chi connectivity index (χ3n) is 3.64. The highest BCUT2D eigenvalue weighted by molar-refractivity contribution is 9.10. The van der Waals surface area contributed by atoms with E-state index in [0.717, 1.165) is 19.1 Å².